The second-order valence-electron chi connectivity index (χ2n) is 7.70. The Hall–Kier alpha value is -0.300. The maximum absolute atomic E-state index is 5.67. The van der Waals surface area contributed by atoms with E-state index in [2.05, 4.69) is 13.5 Å². The number of allylic oxidation sites excluding steroid dienone is 1. The van der Waals surface area contributed by atoms with Crippen LogP contribution in [0.3, 0.4) is 0 Å². The maximum Gasteiger partial charge on any atom is 0.0466 e. The fraction of sp³-hybridized carbons (Fsp3) is 0.917. The van der Waals surface area contributed by atoms with E-state index in [9.17, 15) is 0 Å². The largest absolute Gasteiger partial charge is 0.381 e. The first kappa shape index (κ1) is 24.7. The molecule has 1 heteroatoms. The smallest absolute Gasteiger partial charge is 0.0466 e. The van der Waals surface area contributed by atoms with Gasteiger partial charge in [-0.2, -0.15) is 0 Å². The van der Waals surface area contributed by atoms with Gasteiger partial charge in [-0.15, -0.1) is 6.58 Å². The zero-order valence-electron chi connectivity index (χ0n) is 17.5. The van der Waals surface area contributed by atoms with Gasteiger partial charge in [0.25, 0.3) is 0 Å². The summed E-state index contributed by atoms with van der Waals surface area (Å²) in [6.07, 6.45) is 28.4. The number of ether oxygens (including phenoxy) is 1. The maximum atomic E-state index is 5.67. The fourth-order valence-electron chi connectivity index (χ4n) is 3.35. The van der Waals surface area contributed by atoms with Gasteiger partial charge in [0.05, 0.1) is 0 Å². The van der Waals surface area contributed by atoms with E-state index in [1.165, 1.54) is 116 Å². The molecule has 0 aromatic heterocycles. The normalized spacial score (nSPS) is 11.1. The molecule has 0 spiro atoms. The van der Waals surface area contributed by atoms with Crippen molar-refractivity contribution in [2.45, 2.75) is 129 Å². The lowest BCUT2D eigenvalue weighted by Crippen LogP contribution is -1.96. The van der Waals surface area contributed by atoms with Crippen molar-refractivity contribution in [2.75, 3.05) is 13.2 Å². The molecule has 25 heavy (non-hydrogen) atoms. The van der Waals surface area contributed by atoms with E-state index in [1.54, 1.807) is 0 Å². The lowest BCUT2D eigenvalue weighted by molar-refractivity contribution is 0.126. The SMILES string of the molecule is C=CCCCCOCCCCCCCCCCCCCCCCCC. The molecule has 0 aliphatic rings. The Bertz CT molecular complexity index is 236. The zero-order valence-corrected chi connectivity index (χ0v) is 17.5. The highest BCUT2D eigenvalue weighted by molar-refractivity contribution is 4.65. The molecule has 0 radical (unpaired) electrons. The van der Waals surface area contributed by atoms with Crippen molar-refractivity contribution in [1.29, 1.82) is 0 Å². The molecule has 0 aromatic rings. The van der Waals surface area contributed by atoms with Crippen LogP contribution in [0.5, 0.6) is 0 Å². The number of rotatable bonds is 22. The van der Waals surface area contributed by atoms with E-state index in [1.807, 2.05) is 6.08 Å². The molecule has 0 aliphatic heterocycles. The van der Waals surface area contributed by atoms with Crippen LogP contribution >= 0.6 is 0 Å². The van der Waals surface area contributed by atoms with Crippen LogP contribution in [0.25, 0.3) is 0 Å². The first-order chi connectivity index (χ1) is 12.4. The van der Waals surface area contributed by atoms with E-state index in [4.69, 9.17) is 4.74 Å². The molecule has 0 saturated carbocycles. The zero-order chi connectivity index (χ0) is 18.3. The molecule has 0 aliphatic carbocycles. The fourth-order valence-corrected chi connectivity index (χ4v) is 3.35. The minimum atomic E-state index is 0.937. The van der Waals surface area contributed by atoms with E-state index >= 15 is 0 Å². The van der Waals surface area contributed by atoms with Gasteiger partial charge in [0.15, 0.2) is 0 Å². The highest BCUT2D eigenvalue weighted by Gasteiger charge is 1.95. The van der Waals surface area contributed by atoms with Gasteiger partial charge >= 0.3 is 0 Å². The van der Waals surface area contributed by atoms with Crippen molar-refractivity contribution in [3.05, 3.63) is 12.7 Å². The second kappa shape index (κ2) is 23.7. The van der Waals surface area contributed by atoms with Crippen molar-refractivity contribution >= 4 is 0 Å². The third-order valence-electron chi connectivity index (χ3n) is 5.09. The van der Waals surface area contributed by atoms with Gasteiger partial charge in [-0.25, -0.2) is 0 Å². The summed E-state index contributed by atoms with van der Waals surface area (Å²) in [5.41, 5.74) is 0. The predicted molar refractivity (Wildman–Crippen MR) is 114 cm³/mol. The number of hydrogen-bond donors (Lipinski definition) is 0. The van der Waals surface area contributed by atoms with Gasteiger partial charge in [0, 0.05) is 13.2 Å². The van der Waals surface area contributed by atoms with Gasteiger partial charge in [0.1, 0.15) is 0 Å². The molecule has 150 valence electrons. The Balaban J connectivity index is 2.95. The first-order valence-corrected chi connectivity index (χ1v) is 11.6. The van der Waals surface area contributed by atoms with Crippen molar-refractivity contribution in [1.82, 2.24) is 0 Å². The van der Waals surface area contributed by atoms with E-state index in [0.29, 0.717) is 0 Å². The average molecular weight is 353 g/mol. The molecule has 0 bridgehead atoms. The Morgan fingerprint density at radius 1 is 0.520 bits per heavy atom. The van der Waals surface area contributed by atoms with Crippen LogP contribution in [0.4, 0.5) is 0 Å². The summed E-state index contributed by atoms with van der Waals surface area (Å²) in [6, 6.07) is 0. The molecular formula is C24H48O. The summed E-state index contributed by atoms with van der Waals surface area (Å²) in [7, 11) is 0. The summed E-state index contributed by atoms with van der Waals surface area (Å²) in [5.74, 6) is 0. The number of hydrogen-bond acceptors (Lipinski definition) is 1. The summed E-state index contributed by atoms with van der Waals surface area (Å²) in [6.45, 7) is 7.94. The minimum absolute atomic E-state index is 0.937. The molecule has 0 fully saturated rings. The van der Waals surface area contributed by atoms with Gasteiger partial charge < -0.3 is 4.74 Å². The standard InChI is InChI=1S/C24H48O/c1-3-5-7-9-10-11-12-13-14-15-16-17-18-19-20-22-24-25-23-21-8-6-4-2/h4H,2-3,5-24H2,1H3. The monoisotopic (exact) mass is 352 g/mol. The summed E-state index contributed by atoms with van der Waals surface area (Å²) < 4.78 is 5.67. The van der Waals surface area contributed by atoms with Crippen LogP contribution in [0.2, 0.25) is 0 Å². The Kier molecular flexibility index (Phi) is 23.4. The van der Waals surface area contributed by atoms with Crippen molar-refractivity contribution in [2.24, 2.45) is 0 Å². The lowest BCUT2D eigenvalue weighted by Gasteiger charge is -2.05. The highest BCUT2D eigenvalue weighted by Crippen LogP contribution is 2.13. The van der Waals surface area contributed by atoms with Gasteiger partial charge in [-0.3, -0.25) is 0 Å². The van der Waals surface area contributed by atoms with Crippen LogP contribution in [-0.4, -0.2) is 13.2 Å². The summed E-state index contributed by atoms with van der Waals surface area (Å²) in [5, 5.41) is 0. The van der Waals surface area contributed by atoms with Gasteiger partial charge in [-0.05, 0) is 25.7 Å². The van der Waals surface area contributed by atoms with Gasteiger partial charge in [-0.1, -0.05) is 109 Å². The second-order valence-corrected chi connectivity index (χ2v) is 7.70. The minimum Gasteiger partial charge on any atom is -0.381 e. The van der Waals surface area contributed by atoms with Crippen molar-refractivity contribution < 1.29 is 4.74 Å². The third kappa shape index (κ3) is 23.7. The molecular weight excluding hydrogens is 304 g/mol. The van der Waals surface area contributed by atoms with Crippen LogP contribution < -0.4 is 0 Å². The van der Waals surface area contributed by atoms with Crippen LogP contribution in [0.15, 0.2) is 12.7 Å². The van der Waals surface area contributed by atoms with Crippen LogP contribution in [-0.2, 0) is 4.74 Å². The highest BCUT2D eigenvalue weighted by atomic mass is 16.5. The summed E-state index contributed by atoms with van der Waals surface area (Å²) >= 11 is 0. The lowest BCUT2D eigenvalue weighted by atomic mass is 10.0. The van der Waals surface area contributed by atoms with Crippen LogP contribution in [0.1, 0.15) is 129 Å². The summed E-state index contributed by atoms with van der Waals surface area (Å²) in [4.78, 5) is 0. The Morgan fingerprint density at radius 3 is 1.28 bits per heavy atom. The van der Waals surface area contributed by atoms with Crippen LogP contribution in [0, 0.1) is 0 Å². The molecule has 0 aromatic carbocycles. The molecule has 0 N–H and O–H groups in total. The van der Waals surface area contributed by atoms with Crippen molar-refractivity contribution in [3.8, 4) is 0 Å². The topological polar surface area (TPSA) is 9.23 Å². The molecule has 0 saturated heterocycles. The van der Waals surface area contributed by atoms with E-state index in [-0.39, 0.29) is 0 Å². The molecule has 0 amide bonds. The number of unbranched alkanes of at least 4 members (excludes halogenated alkanes) is 17. The first-order valence-electron chi connectivity index (χ1n) is 11.6. The molecule has 0 unspecified atom stereocenters. The average Bonchev–Trinajstić information content (AvgIpc) is 2.63. The van der Waals surface area contributed by atoms with E-state index in [0.717, 1.165) is 19.6 Å². The molecule has 0 rings (SSSR count). The molecule has 0 heterocycles. The van der Waals surface area contributed by atoms with Crippen molar-refractivity contribution in [3.63, 3.8) is 0 Å². The Morgan fingerprint density at radius 2 is 0.880 bits per heavy atom. The molecule has 0 atom stereocenters. The van der Waals surface area contributed by atoms with E-state index < -0.39 is 0 Å². The molecule has 1 nitrogen and oxygen atoms in total. The van der Waals surface area contributed by atoms with Gasteiger partial charge in [0.2, 0.25) is 0 Å². The quantitative estimate of drug-likeness (QED) is 0.140. The Labute approximate surface area is 160 Å². The predicted octanol–water partition coefficient (Wildman–Crippen LogP) is 8.62. The third-order valence-corrected chi connectivity index (χ3v) is 5.09.